The molecule has 0 heterocycles. The van der Waals surface area contributed by atoms with Gasteiger partial charge in [0.1, 0.15) is 5.78 Å². The van der Waals surface area contributed by atoms with Gasteiger partial charge in [-0.25, -0.2) is 0 Å². The number of rotatable bonds is 0. The largest absolute Gasteiger partial charge is 0.299 e. The molecule has 3 aliphatic rings. The Morgan fingerprint density at radius 1 is 1.27 bits per heavy atom. The molecule has 0 N–H and O–H groups in total. The molecule has 3 fully saturated rings. The first kappa shape index (κ1) is 9.62. The summed E-state index contributed by atoms with van der Waals surface area (Å²) in [5.41, 5.74) is 2.02. The molecule has 0 amide bonds. The van der Waals surface area contributed by atoms with Crippen molar-refractivity contribution < 1.29 is 4.79 Å². The van der Waals surface area contributed by atoms with E-state index in [1.807, 2.05) is 0 Å². The summed E-state index contributed by atoms with van der Waals surface area (Å²) in [6.45, 7) is 6.52. The van der Waals surface area contributed by atoms with Crippen LogP contribution in [-0.2, 0) is 4.79 Å². The molecule has 15 heavy (non-hydrogen) atoms. The minimum absolute atomic E-state index is 0.247. The summed E-state index contributed by atoms with van der Waals surface area (Å²) in [6, 6.07) is 0. The van der Waals surface area contributed by atoms with Gasteiger partial charge in [0, 0.05) is 12.3 Å². The van der Waals surface area contributed by atoms with Crippen LogP contribution in [0.3, 0.4) is 0 Å². The Morgan fingerprint density at radius 3 is 2.73 bits per heavy atom. The van der Waals surface area contributed by atoms with Crippen molar-refractivity contribution in [3.05, 3.63) is 12.2 Å². The summed E-state index contributed by atoms with van der Waals surface area (Å²) in [6.07, 6.45) is 8.39. The van der Waals surface area contributed by atoms with E-state index in [0.29, 0.717) is 16.6 Å². The highest BCUT2D eigenvalue weighted by Gasteiger charge is 2.64. The average Bonchev–Trinajstić information content (AvgIpc) is 2.17. The molecule has 1 spiro atoms. The number of carbonyl (C=O) groups excluding carboxylic acids is 1. The van der Waals surface area contributed by atoms with Crippen molar-refractivity contribution in [2.45, 2.75) is 51.9 Å². The van der Waals surface area contributed by atoms with Crippen molar-refractivity contribution in [1.82, 2.24) is 0 Å². The van der Waals surface area contributed by atoms with Gasteiger partial charge in [-0.1, -0.05) is 31.9 Å². The van der Waals surface area contributed by atoms with Crippen LogP contribution in [0, 0.1) is 16.7 Å². The molecule has 0 saturated heterocycles. The topological polar surface area (TPSA) is 17.1 Å². The molecule has 0 aromatic carbocycles. The van der Waals surface area contributed by atoms with Crippen molar-refractivity contribution in [1.29, 1.82) is 0 Å². The molecule has 0 unspecified atom stereocenters. The van der Waals surface area contributed by atoms with Crippen LogP contribution in [0.25, 0.3) is 0 Å². The van der Waals surface area contributed by atoms with E-state index in [0.717, 1.165) is 19.3 Å². The van der Waals surface area contributed by atoms with Gasteiger partial charge in [0.25, 0.3) is 0 Å². The van der Waals surface area contributed by atoms with Crippen LogP contribution >= 0.6 is 0 Å². The molecule has 3 atom stereocenters. The number of Topliss-reactive ketones (excluding diaryl/α,β-unsaturated/α-hetero) is 1. The van der Waals surface area contributed by atoms with Crippen molar-refractivity contribution in [3.63, 3.8) is 0 Å². The van der Waals surface area contributed by atoms with Gasteiger partial charge in [-0.3, -0.25) is 4.79 Å². The van der Waals surface area contributed by atoms with Crippen molar-refractivity contribution in [2.75, 3.05) is 0 Å². The van der Waals surface area contributed by atoms with E-state index >= 15 is 0 Å². The number of ketones is 1. The molecular formula is C14H20O. The lowest BCUT2D eigenvalue weighted by molar-refractivity contribution is -0.156. The molecule has 3 saturated carbocycles. The van der Waals surface area contributed by atoms with Gasteiger partial charge in [0.2, 0.25) is 0 Å². The van der Waals surface area contributed by atoms with Gasteiger partial charge in [0.15, 0.2) is 0 Å². The molecule has 0 aromatic rings. The number of allylic oxidation sites excluding steroid dienone is 1. The first-order valence-corrected chi connectivity index (χ1v) is 6.30. The third kappa shape index (κ3) is 0.971. The second kappa shape index (κ2) is 2.75. The zero-order valence-corrected chi connectivity index (χ0v) is 9.64. The molecule has 3 rings (SSSR count). The van der Waals surface area contributed by atoms with Crippen LogP contribution in [0.5, 0.6) is 0 Å². The summed E-state index contributed by atoms with van der Waals surface area (Å²) >= 11 is 0. The Hall–Kier alpha value is -0.590. The number of carbonyl (C=O) groups is 1. The maximum Gasteiger partial charge on any atom is 0.140 e. The summed E-state index contributed by atoms with van der Waals surface area (Å²) in [7, 11) is 0. The Bertz CT molecular complexity index is 343. The van der Waals surface area contributed by atoms with Crippen molar-refractivity contribution in [3.8, 4) is 0 Å². The maximum atomic E-state index is 12.0. The number of hydrogen-bond donors (Lipinski definition) is 0. The molecule has 0 bridgehead atoms. The Kier molecular flexibility index (Phi) is 1.76. The number of hydrogen-bond acceptors (Lipinski definition) is 1. The predicted octanol–water partition coefficient (Wildman–Crippen LogP) is 3.49. The van der Waals surface area contributed by atoms with Crippen molar-refractivity contribution in [2.24, 2.45) is 16.7 Å². The molecule has 0 aliphatic heterocycles. The van der Waals surface area contributed by atoms with E-state index in [4.69, 9.17) is 0 Å². The normalized spacial score (nSPS) is 49.3. The minimum Gasteiger partial charge on any atom is -0.299 e. The smallest absolute Gasteiger partial charge is 0.140 e. The van der Waals surface area contributed by atoms with Crippen LogP contribution < -0.4 is 0 Å². The van der Waals surface area contributed by atoms with Gasteiger partial charge in [-0.2, -0.15) is 0 Å². The summed E-state index contributed by atoms with van der Waals surface area (Å²) < 4.78 is 0. The van der Waals surface area contributed by atoms with E-state index in [-0.39, 0.29) is 5.92 Å². The summed E-state index contributed by atoms with van der Waals surface area (Å²) in [5.74, 6) is 0.738. The third-order valence-corrected chi connectivity index (χ3v) is 5.55. The van der Waals surface area contributed by atoms with Gasteiger partial charge >= 0.3 is 0 Å². The lowest BCUT2D eigenvalue weighted by Crippen LogP contribution is -2.60. The SMILES string of the molecule is C=C1C[C@@]23CCCC[C@@]2(C)CCC(=O)[C@@H]13. The lowest BCUT2D eigenvalue weighted by Gasteiger charge is -2.65. The lowest BCUT2D eigenvalue weighted by atomic mass is 9.38. The molecule has 1 nitrogen and oxygen atoms in total. The second-order valence-corrected chi connectivity index (χ2v) is 6.16. The average molecular weight is 204 g/mol. The maximum absolute atomic E-state index is 12.0. The van der Waals surface area contributed by atoms with Crippen molar-refractivity contribution >= 4 is 5.78 Å². The monoisotopic (exact) mass is 204 g/mol. The van der Waals surface area contributed by atoms with Gasteiger partial charge < -0.3 is 0 Å². The van der Waals surface area contributed by atoms with E-state index in [2.05, 4.69) is 13.5 Å². The minimum atomic E-state index is 0.247. The first-order valence-electron chi connectivity index (χ1n) is 6.30. The van der Waals surface area contributed by atoms with Crippen LogP contribution in [-0.4, -0.2) is 5.78 Å². The fourth-order valence-corrected chi connectivity index (χ4v) is 4.62. The van der Waals surface area contributed by atoms with Crippen LogP contribution in [0.2, 0.25) is 0 Å². The Labute approximate surface area is 91.9 Å². The zero-order valence-electron chi connectivity index (χ0n) is 9.64. The molecule has 0 radical (unpaired) electrons. The van der Waals surface area contributed by atoms with E-state index in [1.54, 1.807) is 0 Å². The Morgan fingerprint density at radius 2 is 2.00 bits per heavy atom. The molecule has 3 aliphatic carbocycles. The Balaban J connectivity index is 2.03. The van der Waals surface area contributed by atoms with Gasteiger partial charge in [-0.05, 0) is 36.5 Å². The van der Waals surface area contributed by atoms with E-state index < -0.39 is 0 Å². The predicted molar refractivity (Wildman–Crippen MR) is 60.5 cm³/mol. The second-order valence-electron chi connectivity index (χ2n) is 6.16. The van der Waals surface area contributed by atoms with Gasteiger partial charge in [-0.15, -0.1) is 0 Å². The standard InChI is InChI=1S/C14H20O/c1-10-9-14-7-4-3-6-13(14,2)8-5-11(15)12(10)14/h12H,1,3-9H2,2H3/t12-,13+,14-/m1/s1. The summed E-state index contributed by atoms with van der Waals surface area (Å²) in [4.78, 5) is 12.0. The molecule has 1 heteroatoms. The highest BCUT2D eigenvalue weighted by Crippen LogP contribution is 2.70. The van der Waals surface area contributed by atoms with Gasteiger partial charge in [0.05, 0.1) is 0 Å². The summed E-state index contributed by atoms with van der Waals surface area (Å²) in [5, 5.41) is 0. The molecule has 0 aromatic heterocycles. The van der Waals surface area contributed by atoms with Crippen LogP contribution in [0.4, 0.5) is 0 Å². The highest BCUT2D eigenvalue weighted by atomic mass is 16.1. The quantitative estimate of drug-likeness (QED) is 0.552. The molecular weight excluding hydrogens is 184 g/mol. The zero-order chi connectivity index (χ0) is 10.7. The molecule has 82 valence electrons. The van der Waals surface area contributed by atoms with E-state index in [1.165, 1.54) is 31.3 Å². The third-order valence-electron chi connectivity index (χ3n) is 5.55. The first-order chi connectivity index (χ1) is 7.09. The highest BCUT2D eigenvalue weighted by molar-refractivity contribution is 5.87. The van der Waals surface area contributed by atoms with Crippen LogP contribution in [0.1, 0.15) is 51.9 Å². The van der Waals surface area contributed by atoms with Crippen LogP contribution in [0.15, 0.2) is 12.2 Å². The fourth-order valence-electron chi connectivity index (χ4n) is 4.62. The van der Waals surface area contributed by atoms with E-state index in [9.17, 15) is 4.79 Å². The fraction of sp³-hybridized carbons (Fsp3) is 0.786.